The van der Waals surface area contributed by atoms with Gasteiger partial charge in [0, 0.05) is 47.4 Å². The Labute approximate surface area is 260 Å². The van der Waals surface area contributed by atoms with Crippen LogP contribution in [0.5, 0.6) is 5.75 Å². The van der Waals surface area contributed by atoms with E-state index < -0.39 is 11.9 Å². The molecule has 11 heteroatoms. The zero-order chi connectivity index (χ0) is 31.1. The molecule has 1 aromatic heterocycles. The number of rotatable bonds is 10. The number of ether oxygens (including phenoxy) is 1. The Kier molecular flexibility index (Phi) is 10.4. The average molecular weight is 623 g/mol. The first kappa shape index (κ1) is 31.6. The van der Waals surface area contributed by atoms with Crippen molar-refractivity contribution in [2.24, 2.45) is 0 Å². The molecule has 0 saturated heterocycles. The Morgan fingerprint density at radius 2 is 1.70 bits per heavy atom. The minimum absolute atomic E-state index is 0.0604. The number of nitrogens with one attached hydrogen (secondary N) is 2. The zero-order valence-electron chi connectivity index (χ0n) is 24.4. The number of carbonyl (C=O) groups excluding carboxylic acids is 3. The van der Waals surface area contributed by atoms with Gasteiger partial charge >= 0.3 is 6.03 Å². The third-order valence-corrected chi connectivity index (χ3v) is 7.74. The van der Waals surface area contributed by atoms with Crippen molar-refractivity contribution in [1.29, 1.82) is 0 Å². The van der Waals surface area contributed by atoms with Gasteiger partial charge in [-0.05, 0) is 63.2 Å². The summed E-state index contributed by atoms with van der Waals surface area (Å²) in [6, 6.07) is 19.0. The number of aromatic nitrogens is 1. The molecule has 9 nitrogen and oxygen atoms in total. The number of hydrogen-bond donors (Lipinski definition) is 2. The van der Waals surface area contributed by atoms with Gasteiger partial charge in [0.05, 0.1) is 28.5 Å². The number of amides is 4. The van der Waals surface area contributed by atoms with Crippen LogP contribution in [0.3, 0.4) is 0 Å². The van der Waals surface area contributed by atoms with Gasteiger partial charge in [0.25, 0.3) is 5.91 Å². The number of nitrogens with zero attached hydrogens (tertiary/aromatic N) is 3. The van der Waals surface area contributed by atoms with E-state index >= 15 is 0 Å². The second-order valence-electron chi connectivity index (χ2n) is 9.73. The van der Waals surface area contributed by atoms with Crippen LogP contribution in [0.15, 0.2) is 66.7 Å². The Hall–Kier alpha value is -4.34. The van der Waals surface area contributed by atoms with Crippen LogP contribution >= 0.6 is 23.2 Å². The van der Waals surface area contributed by atoms with Gasteiger partial charge in [0.15, 0.2) is 0 Å². The van der Waals surface area contributed by atoms with Gasteiger partial charge in [-0.15, -0.1) is 0 Å². The van der Waals surface area contributed by atoms with Crippen LogP contribution in [-0.2, 0) is 11.4 Å². The fraction of sp³-hybridized carbons (Fsp3) is 0.250. The predicted octanol–water partition coefficient (Wildman–Crippen LogP) is 6.70. The van der Waals surface area contributed by atoms with Gasteiger partial charge in [-0.1, -0.05) is 47.5 Å². The van der Waals surface area contributed by atoms with E-state index in [2.05, 4.69) is 15.6 Å². The van der Waals surface area contributed by atoms with Gasteiger partial charge in [0.2, 0.25) is 5.91 Å². The quantitative estimate of drug-likeness (QED) is 0.205. The summed E-state index contributed by atoms with van der Waals surface area (Å²) in [5.41, 5.74) is 3.40. The van der Waals surface area contributed by atoms with Gasteiger partial charge in [-0.3, -0.25) is 9.59 Å². The molecule has 0 bridgehead atoms. The minimum atomic E-state index is -0.593. The van der Waals surface area contributed by atoms with Crippen molar-refractivity contribution in [3.63, 3.8) is 0 Å². The lowest BCUT2D eigenvalue weighted by Gasteiger charge is -2.21. The summed E-state index contributed by atoms with van der Waals surface area (Å²) >= 11 is 13.2. The molecule has 224 valence electrons. The van der Waals surface area contributed by atoms with Crippen LogP contribution in [0.2, 0.25) is 10.0 Å². The third-order valence-electron chi connectivity index (χ3n) is 6.96. The topological polar surface area (TPSA) is 104 Å². The number of anilines is 2. The molecule has 0 saturated carbocycles. The van der Waals surface area contributed by atoms with E-state index in [1.165, 1.54) is 4.90 Å². The summed E-state index contributed by atoms with van der Waals surface area (Å²) in [6.45, 7) is 6.59. The highest BCUT2D eigenvalue weighted by Gasteiger charge is 2.20. The standard InChI is InChI=1S/C32H33Cl2N5O4/c1-5-39(6-2)31(41)22-11-9-12-23(16-22)37-32(42)35-18-29(40)38(4)27-15-14-25(33)24(30(27)34)19-43-28-17-21-10-7-8-13-26(21)36-20(28)3/h7-17H,5-6,18-19H2,1-4H3,(H2,35,37,42). The average Bonchev–Trinajstić information content (AvgIpc) is 3.00. The number of fused-ring (bicyclic) bond motifs is 1. The van der Waals surface area contributed by atoms with Gasteiger partial charge < -0.3 is 25.2 Å². The molecule has 0 unspecified atom stereocenters. The highest BCUT2D eigenvalue weighted by molar-refractivity contribution is 6.38. The highest BCUT2D eigenvalue weighted by atomic mass is 35.5. The monoisotopic (exact) mass is 621 g/mol. The summed E-state index contributed by atoms with van der Waals surface area (Å²) in [4.78, 5) is 45.8. The van der Waals surface area contributed by atoms with Crippen LogP contribution in [0.1, 0.15) is 35.5 Å². The molecule has 43 heavy (non-hydrogen) atoms. The Morgan fingerprint density at radius 1 is 0.953 bits per heavy atom. The smallest absolute Gasteiger partial charge is 0.319 e. The number of pyridine rings is 1. The molecule has 3 aromatic carbocycles. The number of carbonyl (C=O) groups is 3. The molecular weight excluding hydrogens is 589 g/mol. The largest absolute Gasteiger partial charge is 0.487 e. The lowest BCUT2D eigenvalue weighted by molar-refractivity contribution is -0.117. The first-order valence-electron chi connectivity index (χ1n) is 13.8. The van der Waals surface area contributed by atoms with E-state index in [0.717, 1.165) is 16.6 Å². The molecule has 0 spiro atoms. The van der Waals surface area contributed by atoms with Crippen LogP contribution < -0.4 is 20.3 Å². The SMILES string of the molecule is CCN(CC)C(=O)c1cccc(NC(=O)NCC(=O)N(C)c2ccc(Cl)c(COc3cc4ccccc4nc3C)c2Cl)c1. The normalized spacial score (nSPS) is 10.7. The lowest BCUT2D eigenvalue weighted by Crippen LogP contribution is -2.40. The van der Waals surface area contributed by atoms with Crippen molar-refractivity contribution < 1.29 is 19.1 Å². The van der Waals surface area contributed by atoms with Gasteiger partial charge in [0.1, 0.15) is 12.4 Å². The Balaban J connectivity index is 1.38. The molecule has 0 fully saturated rings. The molecule has 0 aliphatic heterocycles. The van der Waals surface area contributed by atoms with Crippen LogP contribution in [0, 0.1) is 6.92 Å². The third kappa shape index (κ3) is 7.55. The van der Waals surface area contributed by atoms with Crippen molar-refractivity contribution in [1.82, 2.24) is 15.2 Å². The maximum atomic E-state index is 13.0. The Bertz CT molecular complexity index is 1660. The summed E-state index contributed by atoms with van der Waals surface area (Å²) in [6.07, 6.45) is 0. The number of para-hydroxylation sites is 1. The molecular formula is C32H33Cl2N5O4. The first-order valence-corrected chi connectivity index (χ1v) is 14.5. The van der Waals surface area contributed by atoms with Crippen LogP contribution in [0.4, 0.5) is 16.2 Å². The van der Waals surface area contributed by atoms with Gasteiger partial charge in [-0.25, -0.2) is 9.78 Å². The van der Waals surface area contributed by atoms with Crippen LogP contribution in [-0.4, -0.2) is 54.4 Å². The van der Waals surface area contributed by atoms with E-state index in [0.29, 0.717) is 46.4 Å². The van der Waals surface area contributed by atoms with Crippen molar-refractivity contribution >= 4 is 63.3 Å². The number of urea groups is 1. The molecule has 1 heterocycles. The van der Waals surface area contributed by atoms with Gasteiger partial charge in [-0.2, -0.15) is 0 Å². The molecule has 0 atom stereocenters. The summed E-state index contributed by atoms with van der Waals surface area (Å²) in [5.74, 6) is 0.0599. The summed E-state index contributed by atoms with van der Waals surface area (Å²) < 4.78 is 6.05. The predicted molar refractivity (Wildman–Crippen MR) is 171 cm³/mol. The summed E-state index contributed by atoms with van der Waals surface area (Å²) in [5, 5.41) is 6.81. The summed E-state index contributed by atoms with van der Waals surface area (Å²) in [7, 11) is 1.56. The molecule has 4 amide bonds. The zero-order valence-corrected chi connectivity index (χ0v) is 25.9. The molecule has 4 aromatic rings. The van der Waals surface area contributed by atoms with E-state index in [-0.39, 0.29) is 24.1 Å². The molecule has 0 radical (unpaired) electrons. The Morgan fingerprint density at radius 3 is 2.44 bits per heavy atom. The fourth-order valence-corrected chi connectivity index (χ4v) is 5.08. The number of aryl methyl sites for hydroxylation is 1. The number of halogens is 2. The van der Waals surface area contributed by atoms with E-state index in [1.54, 1.807) is 48.3 Å². The number of hydrogen-bond acceptors (Lipinski definition) is 5. The van der Waals surface area contributed by atoms with Crippen molar-refractivity contribution in [3.05, 3.63) is 93.6 Å². The second kappa shape index (κ2) is 14.2. The first-order chi connectivity index (χ1) is 20.6. The molecule has 4 rings (SSSR count). The lowest BCUT2D eigenvalue weighted by atomic mass is 10.1. The van der Waals surface area contributed by atoms with Crippen molar-refractivity contribution in [2.75, 3.05) is 36.9 Å². The van der Waals surface area contributed by atoms with Crippen molar-refractivity contribution in [2.45, 2.75) is 27.4 Å². The van der Waals surface area contributed by atoms with E-state index in [9.17, 15) is 14.4 Å². The maximum absolute atomic E-state index is 13.0. The molecule has 0 aliphatic rings. The maximum Gasteiger partial charge on any atom is 0.319 e. The molecule has 2 N–H and O–H groups in total. The van der Waals surface area contributed by atoms with Crippen molar-refractivity contribution in [3.8, 4) is 5.75 Å². The number of likely N-dealkylation sites (N-methyl/N-ethyl adjacent to an activating group) is 1. The minimum Gasteiger partial charge on any atom is -0.487 e. The molecule has 0 aliphatic carbocycles. The highest BCUT2D eigenvalue weighted by Crippen LogP contribution is 2.35. The van der Waals surface area contributed by atoms with E-state index in [1.807, 2.05) is 51.1 Å². The second-order valence-corrected chi connectivity index (χ2v) is 10.5. The van der Waals surface area contributed by atoms with E-state index in [4.69, 9.17) is 27.9 Å². The fourth-order valence-electron chi connectivity index (χ4n) is 4.47. The van der Waals surface area contributed by atoms with Crippen LogP contribution in [0.25, 0.3) is 10.9 Å². The number of benzene rings is 3.